The lowest BCUT2D eigenvalue weighted by molar-refractivity contribution is -0.130. The summed E-state index contributed by atoms with van der Waals surface area (Å²) >= 11 is 0. The topological polar surface area (TPSA) is 55.8 Å². The first kappa shape index (κ1) is 22.4. The monoisotopic (exact) mass is 463 g/mol. The van der Waals surface area contributed by atoms with Crippen LogP contribution in [0, 0.1) is 11.8 Å². The van der Waals surface area contributed by atoms with Gasteiger partial charge in [-0.25, -0.2) is 9.69 Å². The first-order valence-electron chi connectivity index (χ1n) is 12.1. The Bertz CT molecular complexity index is 996. The van der Waals surface area contributed by atoms with E-state index in [1.807, 2.05) is 12.1 Å². The Labute approximate surface area is 197 Å². The zero-order valence-electron chi connectivity index (χ0n) is 19.9. The molecule has 0 aromatic heterocycles. The number of benzene rings is 2. The molecule has 2 bridgehead atoms. The van der Waals surface area contributed by atoms with Crippen molar-refractivity contribution in [2.24, 2.45) is 11.8 Å². The lowest BCUT2D eigenvalue weighted by atomic mass is 9.90. The third kappa shape index (κ3) is 3.37. The molecule has 1 aliphatic heterocycles. The van der Waals surface area contributed by atoms with Gasteiger partial charge in [0, 0.05) is 18.3 Å². The molecule has 6 heteroatoms. The molecular formula is C27H33NO4Si. The van der Waals surface area contributed by atoms with Crippen molar-refractivity contribution >= 4 is 30.7 Å². The average molecular weight is 464 g/mol. The molecule has 5 atom stereocenters. The van der Waals surface area contributed by atoms with Crippen LogP contribution < -0.4 is 10.4 Å². The van der Waals surface area contributed by atoms with Crippen LogP contribution in [0.3, 0.4) is 0 Å². The van der Waals surface area contributed by atoms with Gasteiger partial charge in [-0.1, -0.05) is 88.4 Å². The van der Waals surface area contributed by atoms with Crippen LogP contribution in [0.2, 0.25) is 5.04 Å². The number of rotatable bonds is 5. The third-order valence-electron chi connectivity index (χ3n) is 7.88. The van der Waals surface area contributed by atoms with Crippen molar-refractivity contribution < 1.29 is 18.8 Å². The molecular weight excluding hydrogens is 430 g/mol. The van der Waals surface area contributed by atoms with Crippen LogP contribution in [0.1, 0.15) is 47.0 Å². The van der Waals surface area contributed by atoms with Crippen LogP contribution in [0.15, 0.2) is 60.7 Å². The Hall–Kier alpha value is -2.44. The summed E-state index contributed by atoms with van der Waals surface area (Å²) < 4.78 is 13.1. The van der Waals surface area contributed by atoms with E-state index >= 15 is 0 Å². The maximum Gasteiger partial charge on any atom is 0.417 e. The van der Waals surface area contributed by atoms with Gasteiger partial charge in [0.2, 0.25) is 5.91 Å². The van der Waals surface area contributed by atoms with E-state index in [9.17, 15) is 9.59 Å². The van der Waals surface area contributed by atoms with Gasteiger partial charge in [0.1, 0.15) is 6.10 Å². The fraction of sp³-hybridized carbons (Fsp3) is 0.481. The van der Waals surface area contributed by atoms with E-state index in [0.29, 0.717) is 6.42 Å². The summed E-state index contributed by atoms with van der Waals surface area (Å²) in [6.45, 7) is 8.64. The van der Waals surface area contributed by atoms with Crippen molar-refractivity contribution in [1.82, 2.24) is 4.90 Å². The molecule has 1 heterocycles. The summed E-state index contributed by atoms with van der Waals surface area (Å²) in [5.74, 6) is 0.217. The Morgan fingerprint density at radius 2 is 1.61 bits per heavy atom. The minimum Gasteiger partial charge on any atom is -0.443 e. The second kappa shape index (κ2) is 8.10. The van der Waals surface area contributed by atoms with Gasteiger partial charge in [-0.15, -0.1) is 0 Å². The molecule has 33 heavy (non-hydrogen) atoms. The van der Waals surface area contributed by atoms with E-state index in [-0.39, 0.29) is 41.0 Å². The summed E-state index contributed by atoms with van der Waals surface area (Å²) in [5, 5.41) is 2.39. The smallest absolute Gasteiger partial charge is 0.417 e. The van der Waals surface area contributed by atoms with Crippen molar-refractivity contribution in [3.05, 3.63) is 60.7 Å². The molecule has 3 aliphatic rings. The Morgan fingerprint density at radius 3 is 2.12 bits per heavy atom. The quantitative estimate of drug-likeness (QED) is 0.627. The molecule has 2 saturated carbocycles. The number of hydrogen-bond donors (Lipinski definition) is 0. The van der Waals surface area contributed by atoms with Crippen LogP contribution in [-0.2, 0) is 14.0 Å². The van der Waals surface area contributed by atoms with Gasteiger partial charge >= 0.3 is 6.09 Å². The van der Waals surface area contributed by atoms with Crippen LogP contribution in [-0.4, -0.2) is 43.5 Å². The first-order valence-corrected chi connectivity index (χ1v) is 14.0. The van der Waals surface area contributed by atoms with E-state index in [4.69, 9.17) is 9.16 Å². The summed E-state index contributed by atoms with van der Waals surface area (Å²) in [5.41, 5.74) is 0. The lowest BCUT2D eigenvalue weighted by Crippen LogP contribution is -2.68. The van der Waals surface area contributed by atoms with Crippen molar-refractivity contribution in [3.8, 4) is 0 Å². The zero-order chi connectivity index (χ0) is 23.4. The first-order chi connectivity index (χ1) is 15.8. The fourth-order valence-electron chi connectivity index (χ4n) is 6.51. The number of amides is 2. The predicted molar refractivity (Wildman–Crippen MR) is 130 cm³/mol. The van der Waals surface area contributed by atoms with Crippen LogP contribution >= 0.6 is 0 Å². The molecule has 2 aliphatic carbocycles. The van der Waals surface area contributed by atoms with Gasteiger partial charge in [-0.3, -0.25) is 4.79 Å². The third-order valence-corrected chi connectivity index (χ3v) is 12.9. The molecule has 3 fully saturated rings. The lowest BCUT2D eigenvalue weighted by Gasteiger charge is -2.47. The highest BCUT2D eigenvalue weighted by Crippen LogP contribution is 2.54. The summed E-state index contributed by atoms with van der Waals surface area (Å²) in [6, 6.07) is 21.1. The Morgan fingerprint density at radius 1 is 1.03 bits per heavy atom. The van der Waals surface area contributed by atoms with Gasteiger partial charge in [0.25, 0.3) is 8.32 Å². The maximum atomic E-state index is 12.6. The van der Waals surface area contributed by atoms with E-state index < -0.39 is 14.4 Å². The number of carbonyl (C=O) groups excluding carboxylic acids is 2. The van der Waals surface area contributed by atoms with Gasteiger partial charge in [-0.05, 0) is 28.3 Å². The standard InChI is InChI=1S/C27H33NO4Si/c1-5-23(29)28-24-21-16-18(25(24)31-26(28)30)17-22(21)32-33(27(2,3)4,19-12-8-6-9-13-19)20-14-10-7-11-15-20/h6-15,18,21-22,24-25H,5,16-17H2,1-4H3/t18-,21+,22-,24-,25+/m0/s1. The van der Waals surface area contributed by atoms with E-state index in [2.05, 4.69) is 69.3 Å². The van der Waals surface area contributed by atoms with Crippen LogP contribution in [0.25, 0.3) is 0 Å². The molecule has 1 saturated heterocycles. The van der Waals surface area contributed by atoms with Gasteiger partial charge in [0.15, 0.2) is 0 Å². The molecule has 2 aromatic rings. The molecule has 0 radical (unpaired) electrons. The number of ether oxygens (including phenoxy) is 1. The summed E-state index contributed by atoms with van der Waals surface area (Å²) in [7, 11) is -2.70. The van der Waals surface area contributed by atoms with Crippen molar-refractivity contribution in [2.45, 2.75) is 70.2 Å². The van der Waals surface area contributed by atoms with Gasteiger partial charge in [0.05, 0.1) is 12.1 Å². The highest BCUT2D eigenvalue weighted by atomic mass is 28.4. The highest BCUT2D eigenvalue weighted by Gasteiger charge is 2.64. The second-order valence-corrected chi connectivity index (χ2v) is 14.9. The largest absolute Gasteiger partial charge is 0.443 e. The molecule has 0 spiro atoms. The molecule has 174 valence electrons. The van der Waals surface area contributed by atoms with Gasteiger partial charge in [-0.2, -0.15) is 0 Å². The maximum absolute atomic E-state index is 12.6. The summed E-state index contributed by atoms with van der Waals surface area (Å²) in [4.78, 5) is 26.6. The normalized spacial score (nSPS) is 28.7. The van der Waals surface area contributed by atoms with E-state index in [1.54, 1.807) is 6.92 Å². The zero-order valence-corrected chi connectivity index (χ0v) is 20.9. The van der Waals surface area contributed by atoms with Crippen molar-refractivity contribution in [3.63, 3.8) is 0 Å². The van der Waals surface area contributed by atoms with Crippen LogP contribution in [0.5, 0.6) is 0 Å². The Balaban J connectivity index is 1.57. The molecule has 0 N–H and O–H groups in total. The van der Waals surface area contributed by atoms with Gasteiger partial charge < -0.3 is 9.16 Å². The average Bonchev–Trinajstić information content (AvgIpc) is 3.47. The highest BCUT2D eigenvalue weighted by molar-refractivity contribution is 6.99. The minimum atomic E-state index is -2.70. The minimum absolute atomic E-state index is 0.00999. The fourth-order valence-corrected chi connectivity index (χ4v) is 11.3. The second-order valence-electron chi connectivity index (χ2n) is 10.7. The summed E-state index contributed by atoms with van der Waals surface area (Å²) in [6.07, 6.45) is 1.45. The molecule has 2 aromatic carbocycles. The Kier molecular flexibility index (Phi) is 5.49. The number of hydrogen-bond acceptors (Lipinski definition) is 4. The van der Waals surface area contributed by atoms with Crippen LogP contribution in [0.4, 0.5) is 4.79 Å². The van der Waals surface area contributed by atoms with E-state index in [1.165, 1.54) is 15.3 Å². The number of nitrogens with zero attached hydrogens (tertiary/aromatic N) is 1. The number of carbonyl (C=O) groups is 2. The molecule has 5 nitrogen and oxygen atoms in total. The van der Waals surface area contributed by atoms with E-state index in [0.717, 1.165) is 12.8 Å². The number of fused-ring (bicyclic) bond motifs is 5. The predicted octanol–water partition coefficient (Wildman–Crippen LogP) is 4.10. The number of imide groups is 1. The molecule has 5 rings (SSSR count). The van der Waals surface area contributed by atoms with Crippen molar-refractivity contribution in [1.29, 1.82) is 0 Å². The molecule has 0 unspecified atom stereocenters. The van der Waals surface area contributed by atoms with Crippen molar-refractivity contribution in [2.75, 3.05) is 0 Å². The SMILES string of the molecule is CCC(=O)N1C(=O)O[C@@H]2[C@H]3C[C@@H]([C@@H]21)[C@@H](O[Si](c1ccccc1)(c1ccccc1)C(C)(C)C)C3. The molecule has 2 amide bonds.